The number of rotatable bonds is 7. The molecular weight excluding hydrogens is 388 g/mol. The molecule has 1 aliphatic rings. The number of nitrogens with zero attached hydrogens (tertiary/aromatic N) is 1. The summed E-state index contributed by atoms with van der Waals surface area (Å²) in [6.45, 7) is 5.83. The van der Waals surface area contributed by atoms with Gasteiger partial charge in [0.05, 0.1) is 11.5 Å². The fourth-order valence-electron chi connectivity index (χ4n) is 3.16. The lowest BCUT2D eigenvalue weighted by Gasteiger charge is -2.25. The van der Waals surface area contributed by atoms with Gasteiger partial charge in [0.2, 0.25) is 10.0 Å². The highest BCUT2D eigenvalue weighted by molar-refractivity contribution is 7.89. The molecule has 2 aromatic carbocycles. The molecular formula is C22H28N2O4S. The molecule has 1 heterocycles. The molecule has 0 bridgehead atoms. The third-order valence-electron chi connectivity index (χ3n) is 4.74. The van der Waals surface area contributed by atoms with Gasteiger partial charge in [-0.15, -0.1) is 0 Å². The lowest BCUT2D eigenvalue weighted by atomic mass is 10.2. The number of amides is 1. The van der Waals surface area contributed by atoms with E-state index in [0.29, 0.717) is 42.6 Å². The highest BCUT2D eigenvalue weighted by atomic mass is 32.2. The van der Waals surface area contributed by atoms with Crippen LogP contribution in [0.15, 0.2) is 53.4 Å². The fourth-order valence-corrected chi connectivity index (χ4v) is 4.67. The fraction of sp³-hybridized carbons (Fsp3) is 0.409. The van der Waals surface area contributed by atoms with E-state index in [4.69, 9.17) is 4.74 Å². The minimum Gasteiger partial charge on any atom is -0.493 e. The largest absolute Gasteiger partial charge is 0.493 e. The van der Waals surface area contributed by atoms with Crippen LogP contribution >= 0.6 is 0 Å². The summed E-state index contributed by atoms with van der Waals surface area (Å²) in [5, 5.41) is 2.81. The highest BCUT2D eigenvalue weighted by Gasteiger charge is 2.25. The lowest BCUT2D eigenvalue weighted by Crippen LogP contribution is -2.35. The number of ether oxygens (including phenoxy) is 1. The Labute approximate surface area is 172 Å². The molecule has 0 aromatic heterocycles. The topological polar surface area (TPSA) is 75.7 Å². The van der Waals surface area contributed by atoms with Crippen LogP contribution in [0.3, 0.4) is 0 Å². The first-order valence-electron chi connectivity index (χ1n) is 10.0. The van der Waals surface area contributed by atoms with Crippen LogP contribution < -0.4 is 10.1 Å². The van der Waals surface area contributed by atoms with Crippen LogP contribution in [0.1, 0.15) is 43.5 Å². The van der Waals surface area contributed by atoms with Gasteiger partial charge in [0.15, 0.2) is 0 Å². The predicted octanol–water partition coefficient (Wildman–Crippen LogP) is 4.15. The van der Waals surface area contributed by atoms with Crippen molar-refractivity contribution in [1.29, 1.82) is 0 Å². The SMILES string of the molecule is CC(C)COc1cccc(C(=O)Nc2ccc(S(=O)(=O)N3CCCCC3)cc2)c1. The van der Waals surface area contributed by atoms with E-state index in [1.54, 1.807) is 42.5 Å². The van der Waals surface area contributed by atoms with Crippen LogP contribution in [0, 0.1) is 5.92 Å². The van der Waals surface area contributed by atoms with Crippen LogP contribution in [0.25, 0.3) is 0 Å². The predicted molar refractivity (Wildman–Crippen MR) is 114 cm³/mol. The second-order valence-corrected chi connectivity index (χ2v) is 9.61. The number of hydrogen-bond donors (Lipinski definition) is 1. The standard InChI is InChI=1S/C22H28N2O4S/c1-17(2)16-28-20-8-6-7-18(15-20)22(25)23-19-9-11-21(12-10-19)29(26,27)24-13-4-3-5-14-24/h6-12,15,17H,3-5,13-14,16H2,1-2H3,(H,23,25). The van der Waals surface area contributed by atoms with Crippen molar-refractivity contribution in [2.24, 2.45) is 5.92 Å². The van der Waals surface area contributed by atoms with Crippen molar-refractivity contribution in [3.63, 3.8) is 0 Å². The molecule has 29 heavy (non-hydrogen) atoms. The Bertz CT molecular complexity index is 934. The molecule has 0 atom stereocenters. The molecule has 3 rings (SSSR count). The number of nitrogens with one attached hydrogen (secondary N) is 1. The number of carbonyl (C=O) groups excluding carboxylic acids is 1. The van der Waals surface area contributed by atoms with E-state index in [1.165, 1.54) is 4.31 Å². The van der Waals surface area contributed by atoms with Crippen molar-refractivity contribution >= 4 is 21.6 Å². The van der Waals surface area contributed by atoms with Crippen molar-refractivity contribution in [1.82, 2.24) is 4.31 Å². The second kappa shape index (κ2) is 9.41. The first-order chi connectivity index (χ1) is 13.9. The first-order valence-corrected chi connectivity index (χ1v) is 11.4. The summed E-state index contributed by atoms with van der Waals surface area (Å²) >= 11 is 0. The zero-order valence-corrected chi connectivity index (χ0v) is 17.7. The third kappa shape index (κ3) is 5.58. The average Bonchev–Trinajstić information content (AvgIpc) is 2.73. The number of sulfonamides is 1. The number of hydrogen-bond acceptors (Lipinski definition) is 4. The maximum absolute atomic E-state index is 12.7. The van der Waals surface area contributed by atoms with E-state index in [-0.39, 0.29) is 10.8 Å². The number of carbonyl (C=O) groups is 1. The van der Waals surface area contributed by atoms with Crippen LogP contribution in [0.2, 0.25) is 0 Å². The van der Waals surface area contributed by atoms with Gasteiger partial charge in [-0.05, 0) is 61.2 Å². The zero-order valence-electron chi connectivity index (χ0n) is 16.9. The molecule has 156 valence electrons. The number of piperidine rings is 1. The van der Waals surface area contributed by atoms with E-state index >= 15 is 0 Å². The van der Waals surface area contributed by atoms with E-state index in [2.05, 4.69) is 19.2 Å². The van der Waals surface area contributed by atoms with Gasteiger partial charge in [0.25, 0.3) is 5.91 Å². The van der Waals surface area contributed by atoms with Crippen LogP contribution in [-0.4, -0.2) is 38.3 Å². The number of anilines is 1. The molecule has 1 amide bonds. The molecule has 0 spiro atoms. The highest BCUT2D eigenvalue weighted by Crippen LogP contribution is 2.22. The Morgan fingerprint density at radius 1 is 1.07 bits per heavy atom. The van der Waals surface area contributed by atoms with E-state index < -0.39 is 10.0 Å². The number of benzene rings is 2. The quantitative estimate of drug-likeness (QED) is 0.736. The Kier molecular flexibility index (Phi) is 6.92. The summed E-state index contributed by atoms with van der Waals surface area (Å²) in [5.74, 6) is 0.771. The van der Waals surface area contributed by atoms with Crippen molar-refractivity contribution in [3.8, 4) is 5.75 Å². The summed E-state index contributed by atoms with van der Waals surface area (Å²) in [6, 6.07) is 13.3. The molecule has 1 aliphatic heterocycles. The summed E-state index contributed by atoms with van der Waals surface area (Å²) in [4.78, 5) is 12.8. The molecule has 0 saturated carbocycles. The molecule has 1 fully saturated rings. The third-order valence-corrected chi connectivity index (χ3v) is 6.66. The van der Waals surface area contributed by atoms with Crippen molar-refractivity contribution in [3.05, 3.63) is 54.1 Å². The summed E-state index contributed by atoms with van der Waals surface area (Å²) in [7, 11) is -3.47. The molecule has 0 unspecified atom stereocenters. The van der Waals surface area contributed by atoms with E-state index in [1.807, 2.05) is 6.07 Å². The van der Waals surface area contributed by atoms with Gasteiger partial charge in [0, 0.05) is 24.3 Å². The van der Waals surface area contributed by atoms with Crippen LogP contribution in [-0.2, 0) is 10.0 Å². The maximum atomic E-state index is 12.7. The smallest absolute Gasteiger partial charge is 0.255 e. The van der Waals surface area contributed by atoms with Gasteiger partial charge in [-0.1, -0.05) is 26.3 Å². The normalized spacial score (nSPS) is 15.3. The molecule has 1 N–H and O–H groups in total. The molecule has 6 nitrogen and oxygen atoms in total. The van der Waals surface area contributed by atoms with Gasteiger partial charge in [0.1, 0.15) is 5.75 Å². The lowest BCUT2D eigenvalue weighted by molar-refractivity contribution is 0.102. The first kappa shape index (κ1) is 21.3. The van der Waals surface area contributed by atoms with Crippen molar-refractivity contribution < 1.29 is 17.9 Å². The summed E-state index contributed by atoms with van der Waals surface area (Å²) < 4.78 is 32.6. The van der Waals surface area contributed by atoms with Gasteiger partial charge < -0.3 is 10.1 Å². The minimum atomic E-state index is -3.47. The van der Waals surface area contributed by atoms with Gasteiger partial charge in [-0.3, -0.25) is 4.79 Å². The Morgan fingerprint density at radius 2 is 1.76 bits per heavy atom. The van der Waals surface area contributed by atoms with Gasteiger partial charge >= 0.3 is 0 Å². The second-order valence-electron chi connectivity index (χ2n) is 7.68. The molecule has 1 saturated heterocycles. The van der Waals surface area contributed by atoms with Gasteiger partial charge in [-0.2, -0.15) is 4.31 Å². The molecule has 0 radical (unpaired) electrons. The average molecular weight is 417 g/mol. The zero-order chi connectivity index (χ0) is 20.9. The summed E-state index contributed by atoms with van der Waals surface area (Å²) in [6.07, 6.45) is 2.86. The van der Waals surface area contributed by atoms with E-state index in [9.17, 15) is 13.2 Å². The van der Waals surface area contributed by atoms with Crippen molar-refractivity contribution in [2.75, 3.05) is 25.0 Å². The van der Waals surface area contributed by atoms with E-state index in [0.717, 1.165) is 19.3 Å². The maximum Gasteiger partial charge on any atom is 0.255 e. The Morgan fingerprint density at radius 3 is 2.41 bits per heavy atom. The minimum absolute atomic E-state index is 0.251. The summed E-state index contributed by atoms with van der Waals surface area (Å²) in [5.41, 5.74) is 1.03. The van der Waals surface area contributed by atoms with Crippen LogP contribution in [0.5, 0.6) is 5.75 Å². The molecule has 0 aliphatic carbocycles. The van der Waals surface area contributed by atoms with Gasteiger partial charge in [-0.25, -0.2) is 8.42 Å². The monoisotopic (exact) mass is 416 g/mol. The Hall–Kier alpha value is -2.38. The van der Waals surface area contributed by atoms with Crippen molar-refractivity contribution in [2.45, 2.75) is 38.0 Å². The molecule has 2 aromatic rings. The molecule has 7 heteroatoms. The Balaban J connectivity index is 1.66. The van der Waals surface area contributed by atoms with Crippen LogP contribution in [0.4, 0.5) is 5.69 Å².